The first-order valence-corrected chi connectivity index (χ1v) is 10.7. The van der Waals surface area contributed by atoms with Crippen LogP contribution in [0.2, 0.25) is 0 Å². The van der Waals surface area contributed by atoms with Crippen LogP contribution < -0.4 is 4.90 Å². The Bertz CT molecular complexity index is 970. The van der Waals surface area contributed by atoms with Gasteiger partial charge in [0.25, 0.3) is 5.69 Å². The highest BCUT2D eigenvalue weighted by Crippen LogP contribution is 2.32. The number of benzene rings is 1. The standard InChI is InChI=1S/C17H23N5O4S/c1-12-18-13(2)21(19-12)11-14-5-4-8-20(10-14)16-7-6-15(22(23)24)9-17(16)27(3,25)26/h6-7,9,14H,4-5,8,10-11H2,1-3H3. The predicted molar refractivity (Wildman–Crippen MR) is 101 cm³/mol. The van der Waals surface area contributed by atoms with Gasteiger partial charge in [-0.25, -0.2) is 18.1 Å². The number of nitrogens with zero attached hydrogens (tertiary/aromatic N) is 5. The highest BCUT2D eigenvalue weighted by molar-refractivity contribution is 7.90. The molecular weight excluding hydrogens is 370 g/mol. The summed E-state index contributed by atoms with van der Waals surface area (Å²) in [5.41, 5.74) is 0.306. The van der Waals surface area contributed by atoms with Crippen molar-refractivity contribution in [1.29, 1.82) is 0 Å². The van der Waals surface area contributed by atoms with Crippen molar-refractivity contribution in [2.24, 2.45) is 5.92 Å². The number of sulfone groups is 1. The van der Waals surface area contributed by atoms with Gasteiger partial charge in [-0.15, -0.1) is 0 Å². The SMILES string of the molecule is Cc1nc(C)n(CC2CCCN(c3ccc([N+](=O)[O-])cc3S(C)(=O)=O)C2)n1. The topological polar surface area (TPSA) is 111 Å². The number of hydrogen-bond acceptors (Lipinski definition) is 7. The molecule has 1 aromatic heterocycles. The average molecular weight is 393 g/mol. The summed E-state index contributed by atoms with van der Waals surface area (Å²) < 4.78 is 26.3. The van der Waals surface area contributed by atoms with Gasteiger partial charge in [-0.2, -0.15) is 5.10 Å². The lowest BCUT2D eigenvalue weighted by Crippen LogP contribution is -2.38. The van der Waals surface area contributed by atoms with Crippen LogP contribution in [0.4, 0.5) is 11.4 Å². The highest BCUT2D eigenvalue weighted by Gasteiger charge is 2.27. The normalized spacial score (nSPS) is 17.9. The number of aromatic nitrogens is 3. The van der Waals surface area contributed by atoms with E-state index in [-0.39, 0.29) is 10.6 Å². The van der Waals surface area contributed by atoms with Crippen LogP contribution >= 0.6 is 0 Å². The Labute approximate surface area is 158 Å². The van der Waals surface area contributed by atoms with Gasteiger partial charge in [0.2, 0.25) is 0 Å². The molecule has 1 aliphatic heterocycles. The first kappa shape index (κ1) is 19.3. The molecule has 1 aliphatic rings. The number of nitro groups is 1. The molecule has 1 unspecified atom stereocenters. The molecule has 1 fully saturated rings. The summed E-state index contributed by atoms with van der Waals surface area (Å²) in [6, 6.07) is 4.06. The second-order valence-corrected chi connectivity index (χ2v) is 9.01. The Kier molecular flexibility index (Phi) is 5.18. The molecule has 0 spiro atoms. The summed E-state index contributed by atoms with van der Waals surface area (Å²) in [5.74, 6) is 1.88. The number of hydrogen-bond donors (Lipinski definition) is 0. The third-order valence-corrected chi connectivity index (χ3v) is 5.93. The molecule has 1 atom stereocenters. The van der Waals surface area contributed by atoms with E-state index >= 15 is 0 Å². The van der Waals surface area contributed by atoms with E-state index in [1.165, 1.54) is 6.07 Å². The molecule has 10 heteroatoms. The molecule has 0 saturated carbocycles. The second kappa shape index (κ2) is 7.26. The van der Waals surface area contributed by atoms with Crippen LogP contribution in [0.5, 0.6) is 0 Å². The maximum atomic E-state index is 12.2. The Balaban J connectivity index is 1.87. The number of aryl methyl sites for hydroxylation is 2. The zero-order valence-corrected chi connectivity index (χ0v) is 16.4. The number of rotatable bonds is 5. The summed E-state index contributed by atoms with van der Waals surface area (Å²) in [6.45, 7) is 5.86. The van der Waals surface area contributed by atoms with Gasteiger partial charge >= 0.3 is 0 Å². The Morgan fingerprint density at radius 1 is 1.33 bits per heavy atom. The molecule has 9 nitrogen and oxygen atoms in total. The fourth-order valence-corrected chi connectivity index (χ4v) is 4.50. The Hall–Kier alpha value is -2.49. The van der Waals surface area contributed by atoms with Crippen LogP contribution in [-0.2, 0) is 16.4 Å². The van der Waals surface area contributed by atoms with Crippen molar-refractivity contribution in [1.82, 2.24) is 14.8 Å². The molecule has 146 valence electrons. The van der Waals surface area contributed by atoms with E-state index in [1.807, 2.05) is 23.4 Å². The van der Waals surface area contributed by atoms with Crippen molar-refractivity contribution < 1.29 is 13.3 Å². The maximum Gasteiger partial charge on any atom is 0.270 e. The molecule has 1 saturated heterocycles. The number of piperidine rings is 1. The lowest BCUT2D eigenvalue weighted by Gasteiger charge is -2.35. The van der Waals surface area contributed by atoms with E-state index in [9.17, 15) is 18.5 Å². The minimum atomic E-state index is -3.59. The largest absolute Gasteiger partial charge is 0.370 e. The third-order valence-electron chi connectivity index (χ3n) is 4.81. The van der Waals surface area contributed by atoms with Crippen molar-refractivity contribution in [2.75, 3.05) is 24.2 Å². The molecule has 0 bridgehead atoms. The van der Waals surface area contributed by atoms with Crippen molar-refractivity contribution in [3.63, 3.8) is 0 Å². The number of anilines is 1. The van der Waals surface area contributed by atoms with Crippen LogP contribution in [0.1, 0.15) is 24.5 Å². The molecule has 0 radical (unpaired) electrons. The minimum Gasteiger partial charge on any atom is -0.370 e. The van der Waals surface area contributed by atoms with E-state index in [1.54, 1.807) is 6.07 Å². The van der Waals surface area contributed by atoms with E-state index in [4.69, 9.17) is 0 Å². The molecule has 0 amide bonds. The Morgan fingerprint density at radius 3 is 2.67 bits per heavy atom. The summed E-state index contributed by atoms with van der Waals surface area (Å²) in [7, 11) is -3.59. The lowest BCUT2D eigenvalue weighted by atomic mass is 9.97. The monoisotopic (exact) mass is 393 g/mol. The van der Waals surface area contributed by atoms with Crippen LogP contribution in [0.3, 0.4) is 0 Å². The zero-order valence-electron chi connectivity index (χ0n) is 15.6. The lowest BCUT2D eigenvalue weighted by molar-refractivity contribution is -0.385. The maximum absolute atomic E-state index is 12.2. The van der Waals surface area contributed by atoms with E-state index in [0.717, 1.165) is 36.8 Å². The molecular formula is C17H23N5O4S. The molecule has 1 aromatic carbocycles. The quantitative estimate of drug-likeness (QED) is 0.565. The van der Waals surface area contributed by atoms with E-state index in [2.05, 4.69) is 10.1 Å². The van der Waals surface area contributed by atoms with Gasteiger partial charge < -0.3 is 4.90 Å². The van der Waals surface area contributed by atoms with Gasteiger partial charge in [0, 0.05) is 38.0 Å². The van der Waals surface area contributed by atoms with Crippen molar-refractivity contribution in [3.8, 4) is 0 Å². The first-order chi connectivity index (χ1) is 12.6. The summed E-state index contributed by atoms with van der Waals surface area (Å²) in [6.07, 6.45) is 3.01. The average Bonchev–Trinajstić information content (AvgIpc) is 2.91. The second-order valence-electron chi connectivity index (χ2n) is 7.02. The van der Waals surface area contributed by atoms with Gasteiger partial charge in [-0.05, 0) is 38.7 Å². The molecule has 0 aliphatic carbocycles. The molecule has 2 aromatic rings. The van der Waals surface area contributed by atoms with Crippen molar-refractivity contribution >= 4 is 21.2 Å². The van der Waals surface area contributed by atoms with Gasteiger partial charge in [0.1, 0.15) is 11.6 Å². The van der Waals surface area contributed by atoms with Crippen LogP contribution in [0, 0.1) is 29.9 Å². The number of non-ortho nitro benzene ring substituents is 1. The number of nitro benzene ring substituents is 1. The first-order valence-electron chi connectivity index (χ1n) is 8.76. The third kappa shape index (κ3) is 4.26. The van der Waals surface area contributed by atoms with E-state index < -0.39 is 14.8 Å². The summed E-state index contributed by atoms with van der Waals surface area (Å²) >= 11 is 0. The van der Waals surface area contributed by atoms with Crippen molar-refractivity contribution in [3.05, 3.63) is 40.0 Å². The van der Waals surface area contributed by atoms with Crippen LogP contribution in [0.25, 0.3) is 0 Å². The fraction of sp³-hybridized carbons (Fsp3) is 0.529. The van der Waals surface area contributed by atoms with Crippen LogP contribution in [-0.4, -0.2) is 47.5 Å². The summed E-state index contributed by atoms with van der Waals surface area (Å²) in [4.78, 5) is 16.8. The zero-order chi connectivity index (χ0) is 19.8. The summed E-state index contributed by atoms with van der Waals surface area (Å²) in [5, 5.41) is 15.4. The Morgan fingerprint density at radius 2 is 2.07 bits per heavy atom. The van der Waals surface area contributed by atoms with Gasteiger partial charge in [-0.3, -0.25) is 10.1 Å². The van der Waals surface area contributed by atoms with Gasteiger partial charge in [0.15, 0.2) is 9.84 Å². The fourth-order valence-electron chi connectivity index (χ4n) is 3.59. The minimum absolute atomic E-state index is 0.00475. The molecule has 27 heavy (non-hydrogen) atoms. The molecule has 2 heterocycles. The highest BCUT2D eigenvalue weighted by atomic mass is 32.2. The van der Waals surface area contributed by atoms with Gasteiger partial charge in [-0.1, -0.05) is 0 Å². The van der Waals surface area contributed by atoms with E-state index in [0.29, 0.717) is 31.2 Å². The smallest absolute Gasteiger partial charge is 0.270 e. The van der Waals surface area contributed by atoms with Gasteiger partial charge in [0.05, 0.1) is 15.5 Å². The molecule has 0 N–H and O–H groups in total. The van der Waals surface area contributed by atoms with Crippen LogP contribution in [0.15, 0.2) is 23.1 Å². The predicted octanol–water partition coefficient (Wildman–Crippen LogP) is 2.12. The molecule has 3 rings (SSSR count). The van der Waals surface area contributed by atoms with Crippen molar-refractivity contribution in [2.45, 2.75) is 38.1 Å².